The van der Waals surface area contributed by atoms with E-state index in [0.29, 0.717) is 23.9 Å². The van der Waals surface area contributed by atoms with Crippen LogP contribution in [-0.4, -0.2) is 74.3 Å². The van der Waals surface area contributed by atoms with Gasteiger partial charge >= 0.3 is 13.8 Å². The van der Waals surface area contributed by atoms with Crippen LogP contribution in [0.4, 0.5) is 0 Å². The molecule has 0 aliphatic carbocycles. The van der Waals surface area contributed by atoms with Gasteiger partial charge in [-0.05, 0) is 109 Å². The maximum absolute atomic E-state index is 13.5. The average Bonchev–Trinajstić information content (AvgIpc) is 3.37. The van der Waals surface area contributed by atoms with Gasteiger partial charge in [-0.1, -0.05) is 227 Å². The summed E-state index contributed by atoms with van der Waals surface area (Å²) in [5.41, 5.74) is 0. The van der Waals surface area contributed by atoms with Crippen molar-refractivity contribution in [2.45, 2.75) is 264 Å². The maximum atomic E-state index is 13.5. The van der Waals surface area contributed by atoms with E-state index in [1.807, 2.05) is 33.3 Å². The number of phosphoric acid groups is 1. The van der Waals surface area contributed by atoms with Crippen molar-refractivity contribution >= 4 is 19.7 Å². The van der Waals surface area contributed by atoms with Crippen molar-refractivity contribution in [3.8, 4) is 0 Å². The summed E-state index contributed by atoms with van der Waals surface area (Å²) in [5.74, 6) is -0.555. The molecule has 1 amide bonds. The minimum Gasteiger partial charge on any atom is -0.456 e. The monoisotopic (exact) mass is 1070 g/mol. The molecule has 3 unspecified atom stereocenters. The Hall–Kier alpha value is -3.07. The standard InChI is InChI=1S/C65H115N2O7P/c1-7-10-13-16-19-22-25-28-30-32-33-35-37-40-43-46-49-52-55-58-65(69)74-63(56-53-50-47-44-41-38-27-24-21-18-15-12-9-3)62(61-73-75(70,71)72-60-59-67(4,5)6)66-64(68)57-54-51-48-45-42-39-36-34-31-29-26-23-20-17-14-11-8-2/h10,13,19-20,22-23,28-31,33,35,40,43,53,56,62-63H,7-9,11-12,14-18,21,24-27,32,34,36-39,41-42,44-52,54-55,57-61H2,1-6H3,(H-,66,68,70,71)/p+1/b13-10-,22-19-,23-20-,30-28-,31-29-,35-33-,43-40-,56-53+. The third-order valence-corrected chi connectivity index (χ3v) is 14.0. The number of carbonyl (C=O) groups excluding carboxylic acids is 2. The number of esters is 1. The Balaban J connectivity index is 5.40. The number of ether oxygens (including phenoxy) is 1. The van der Waals surface area contributed by atoms with Crippen LogP contribution in [-0.2, 0) is 27.9 Å². The summed E-state index contributed by atoms with van der Waals surface area (Å²) in [6.07, 6.45) is 72.5. The summed E-state index contributed by atoms with van der Waals surface area (Å²) >= 11 is 0. The number of unbranched alkanes of at least 4 members (excludes halogenated alkanes) is 24. The van der Waals surface area contributed by atoms with Crippen LogP contribution >= 0.6 is 7.82 Å². The second kappa shape index (κ2) is 54.3. The molecule has 0 aromatic carbocycles. The van der Waals surface area contributed by atoms with Gasteiger partial charge in [-0.15, -0.1) is 0 Å². The van der Waals surface area contributed by atoms with E-state index in [1.54, 1.807) is 0 Å². The van der Waals surface area contributed by atoms with Crippen molar-refractivity contribution in [2.75, 3.05) is 40.9 Å². The number of hydrogen-bond donors (Lipinski definition) is 2. The Morgan fingerprint density at radius 1 is 0.480 bits per heavy atom. The molecule has 0 aromatic rings. The van der Waals surface area contributed by atoms with Gasteiger partial charge in [0.1, 0.15) is 19.3 Å². The van der Waals surface area contributed by atoms with E-state index in [-0.39, 0.29) is 31.5 Å². The van der Waals surface area contributed by atoms with Gasteiger partial charge in [0.15, 0.2) is 0 Å². The lowest BCUT2D eigenvalue weighted by molar-refractivity contribution is -0.870. The lowest BCUT2D eigenvalue weighted by Gasteiger charge is -2.27. The van der Waals surface area contributed by atoms with Crippen LogP contribution in [0.1, 0.15) is 252 Å². The van der Waals surface area contributed by atoms with Crippen LogP contribution in [0.5, 0.6) is 0 Å². The predicted octanol–water partition coefficient (Wildman–Crippen LogP) is 18.8. The number of nitrogens with one attached hydrogen (secondary N) is 1. The molecule has 0 saturated carbocycles. The van der Waals surface area contributed by atoms with E-state index in [9.17, 15) is 19.0 Å². The molecular formula is C65H116N2O7P+. The minimum atomic E-state index is -4.46. The van der Waals surface area contributed by atoms with Crippen LogP contribution in [0, 0.1) is 0 Å². The molecular weight excluding hydrogens is 952 g/mol. The lowest BCUT2D eigenvalue weighted by Crippen LogP contribution is -2.47. The first-order valence-corrected chi connectivity index (χ1v) is 32.1. The number of carbonyl (C=O) groups is 2. The molecule has 3 atom stereocenters. The molecule has 9 nitrogen and oxygen atoms in total. The fourth-order valence-corrected chi connectivity index (χ4v) is 9.03. The van der Waals surface area contributed by atoms with Gasteiger partial charge in [0.2, 0.25) is 5.91 Å². The zero-order valence-electron chi connectivity index (χ0n) is 49.3. The van der Waals surface area contributed by atoms with Gasteiger partial charge in [0.05, 0.1) is 33.8 Å². The normalized spacial score (nSPS) is 14.4. The van der Waals surface area contributed by atoms with Crippen molar-refractivity contribution < 1.29 is 37.3 Å². The number of hydrogen-bond acceptors (Lipinski definition) is 6. The van der Waals surface area contributed by atoms with Gasteiger partial charge in [0.25, 0.3) is 0 Å². The molecule has 0 heterocycles. The molecule has 0 radical (unpaired) electrons. The fourth-order valence-electron chi connectivity index (χ4n) is 8.29. The van der Waals surface area contributed by atoms with E-state index >= 15 is 0 Å². The maximum Gasteiger partial charge on any atom is 0.472 e. The summed E-state index contributed by atoms with van der Waals surface area (Å²) in [6.45, 7) is 6.84. The predicted molar refractivity (Wildman–Crippen MR) is 323 cm³/mol. The molecule has 432 valence electrons. The minimum absolute atomic E-state index is 0.0286. The van der Waals surface area contributed by atoms with Crippen LogP contribution in [0.25, 0.3) is 0 Å². The molecule has 0 saturated heterocycles. The third-order valence-electron chi connectivity index (χ3n) is 13.0. The van der Waals surface area contributed by atoms with Crippen molar-refractivity contribution in [1.29, 1.82) is 0 Å². The number of phosphoric ester groups is 1. The molecule has 0 aliphatic rings. The van der Waals surface area contributed by atoms with Crippen molar-refractivity contribution in [3.63, 3.8) is 0 Å². The highest BCUT2D eigenvalue weighted by molar-refractivity contribution is 7.47. The Labute approximate surface area is 462 Å². The Kier molecular flexibility index (Phi) is 52.1. The van der Waals surface area contributed by atoms with Crippen molar-refractivity contribution in [1.82, 2.24) is 5.32 Å². The number of allylic oxidation sites excluding steroid dienone is 15. The molecule has 0 spiro atoms. The third kappa shape index (κ3) is 55.5. The zero-order chi connectivity index (χ0) is 55.0. The van der Waals surface area contributed by atoms with Crippen LogP contribution < -0.4 is 5.32 Å². The smallest absolute Gasteiger partial charge is 0.456 e. The molecule has 75 heavy (non-hydrogen) atoms. The second-order valence-electron chi connectivity index (χ2n) is 21.5. The first kappa shape index (κ1) is 71.9. The molecule has 0 aliphatic heterocycles. The average molecular weight is 1070 g/mol. The van der Waals surface area contributed by atoms with Gasteiger partial charge < -0.3 is 19.4 Å². The molecule has 2 N–H and O–H groups in total. The fraction of sp³-hybridized carbons (Fsp3) is 0.723. The second-order valence-corrected chi connectivity index (χ2v) is 22.9. The van der Waals surface area contributed by atoms with E-state index in [0.717, 1.165) is 109 Å². The topological polar surface area (TPSA) is 111 Å². The van der Waals surface area contributed by atoms with E-state index in [2.05, 4.69) is 111 Å². The SMILES string of the molecule is CC/C=C\C/C=C\C/C=C\C/C=C\C/C=C\CCCCCC(=O)OC(/C=C/CCCCCCCCCCCCC)C(COP(=O)(O)OCC[N+](C)(C)C)NC(=O)CCCCCCCCC/C=C\C/C=C\CCCCC. The van der Waals surface area contributed by atoms with Gasteiger partial charge in [-0.3, -0.25) is 18.6 Å². The van der Waals surface area contributed by atoms with Gasteiger partial charge in [-0.25, -0.2) is 4.57 Å². The summed E-state index contributed by atoms with van der Waals surface area (Å²) in [4.78, 5) is 37.7. The van der Waals surface area contributed by atoms with Gasteiger partial charge in [0, 0.05) is 12.8 Å². The highest BCUT2D eigenvalue weighted by Crippen LogP contribution is 2.43. The summed E-state index contributed by atoms with van der Waals surface area (Å²) in [5, 5.41) is 3.04. The quantitative estimate of drug-likeness (QED) is 0.0205. The highest BCUT2D eigenvalue weighted by Gasteiger charge is 2.30. The molecule has 0 rings (SSSR count). The highest BCUT2D eigenvalue weighted by atomic mass is 31.2. The number of quaternary nitrogens is 1. The van der Waals surface area contributed by atoms with Crippen LogP contribution in [0.3, 0.4) is 0 Å². The number of nitrogens with zero attached hydrogens (tertiary/aromatic N) is 1. The molecule has 10 heteroatoms. The molecule has 0 aromatic heterocycles. The Morgan fingerprint density at radius 3 is 1.32 bits per heavy atom. The van der Waals surface area contributed by atoms with Crippen molar-refractivity contribution in [3.05, 3.63) is 97.2 Å². The molecule has 0 bridgehead atoms. The first-order valence-electron chi connectivity index (χ1n) is 30.6. The van der Waals surface area contributed by atoms with Crippen LogP contribution in [0.15, 0.2) is 97.2 Å². The summed E-state index contributed by atoms with van der Waals surface area (Å²) in [6, 6.07) is -0.872. The van der Waals surface area contributed by atoms with Crippen molar-refractivity contribution in [2.24, 2.45) is 0 Å². The molecule has 0 fully saturated rings. The number of rotatable bonds is 54. The number of amides is 1. The zero-order valence-corrected chi connectivity index (χ0v) is 50.2. The first-order chi connectivity index (χ1) is 36.4. The van der Waals surface area contributed by atoms with E-state index in [4.69, 9.17) is 13.8 Å². The largest absolute Gasteiger partial charge is 0.472 e. The van der Waals surface area contributed by atoms with Crippen LogP contribution in [0.2, 0.25) is 0 Å². The van der Waals surface area contributed by atoms with Gasteiger partial charge in [-0.2, -0.15) is 0 Å². The summed E-state index contributed by atoms with van der Waals surface area (Å²) < 4.78 is 30.7. The van der Waals surface area contributed by atoms with E-state index < -0.39 is 20.0 Å². The number of likely N-dealkylation sites (N-methyl/N-ethyl adjacent to an activating group) is 1. The lowest BCUT2D eigenvalue weighted by atomic mass is 10.0. The Bertz CT molecular complexity index is 1610. The van der Waals surface area contributed by atoms with E-state index in [1.165, 1.54) is 103 Å². The Morgan fingerprint density at radius 2 is 0.853 bits per heavy atom. The summed E-state index contributed by atoms with van der Waals surface area (Å²) in [7, 11) is 1.46.